The molecule has 0 aliphatic carbocycles. The third-order valence-electron chi connectivity index (χ3n) is 3.82. The predicted octanol–water partition coefficient (Wildman–Crippen LogP) is 2.04. The molecule has 3 rings (SSSR count). The first-order valence-electron chi connectivity index (χ1n) is 7.62. The molecule has 0 atom stereocenters. The van der Waals surface area contributed by atoms with Crippen LogP contribution in [0, 0.1) is 0 Å². The molecule has 2 aromatic rings. The molecule has 0 bridgehead atoms. The number of anilines is 1. The van der Waals surface area contributed by atoms with Crippen molar-refractivity contribution in [3.05, 3.63) is 47.8 Å². The lowest BCUT2D eigenvalue weighted by atomic mass is 10.1. The molecule has 1 aliphatic rings. The number of carbonyl (C=O) groups excluding carboxylic acids is 1. The molecule has 1 aliphatic heterocycles. The van der Waals surface area contributed by atoms with Gasteiger partial charge < -0.3 is 15.5 Å². The van der Waals surface area contributed by atoms with Gasteiger partial charge in [-0.05, 0) is 18.6 Å². The summed E-state index contributed by atoms with van der Waals surface area (Å²) in [6, 6.07) is 8.13. The Balaban J connectivity index is 1.66. The van der Waals surface area contributed by atoms with Gasteiger partial charge in [0.2, 0.25) is 0 Å². The number of nitrogens with zero attached hydrogens (tertiary/aromatic N) is 3. The van der Waals surface area contributed by atoms with Crippen molar-refractivity contribution in [2.45, 2.75) is 26.6 Å². The molecule has 0 saturated carbocycles. The van der Waals surface area contributed by atoms with Crippen molar-refractivity contribution < 1.29 is 4.79 Å². The van der Waals surface area contributed by atoms with E-state index in [4.69, 9.17) is 0 Å². The summed E-state index contributed by atoms with van der Waals surface area (Å²) in [5.41, 5.74) is 3.34. The summed E-state index contributed by atoms with van der Waals surface area (Å²) in [4.78, 5) is 13.5. The molecule has 1 aromatic carbocycles. The first-order valence-corrected chi connectivity index (χ1v) is 7.62. The minimum absolute atomic E-state index is 0.0130. The monoisotopic (exact) mass is 299 g/mol. The van der Waals surface area contributed by atoms with Gasteiger partial charge in [0.25, 0.3) is 0 Å². The van der Waals surface area contributed by atoms with E-state index in [1.54, 1.807) is 0 Å². The number of hydrogen-bond acceptors (Lipinski definition) is 3. The van der Waals surface area contributed by atoms with Crippen LogP contribution in [-0.4, -0.2) is 33.8 Å². The minimum atomic E-state index is 0.0130. The van der Waals surface area contributed by atoms with Crippen molar-refractivity contribution in [2.75, 3.05) is 18.4 Å². The van der Waals surface area contributed by atoms with Crippen LogP contribution in [-0.2, 0) is 19.6 Å². The van der Waals surface area contributed by atoms with Crippen molar-refractivity contribution >= 4 is 11.7 Å². The van der Waals surface area contributed by atoms with Crippen LogP contribution in [0.25, 0.3) is 0 Å². The van der Waals surface area contributed by atoms with Gasteiger partial charge >= 0.3 is 6.03 Å². The Hall–Kier alpha value is -2.50. The second kappa shape index (κ2) is 6.51. The maximum absolute atomic E-state index is 11.7. The van der Waals surface area contributed by atoms with Crippen LogP contribution in [0.3, 0.4) is 0 Å². The first-order chi connectivity index (χ1) is 10.8. The van der Waals surface area contributed by atoms with Gasteiger partial charge in [-0.15, -0.1) is 0 Å². The van der Waals surface area contributed by atoms with E-state index < -0.39 is 0 Å². The third kappa shape index (κ3) is 3.21. The Morgan fingerprint density at radius 3 is 2.95 bits per heavy atom. The van der Waals surface area contributed by atoms with Gasteiger partial charge in [0.15, 0.2) is 0 Å². The van der Waals surface area contributed by atoms with Crippen LogP contribution in [0.1, 0.15) is 18.1 Å². The number of rotatable bonds is 6. The zero-order chi connectivity index (χ0) is 15.4. The van der Waals surface area contributed by atoms with E-state index in [9.17, 15) is 4.79 Å². The summed E-state index contributed by atoms with van der Waals surface area (Å²) in [7, 11) is 0. The fraction of sp³-hybridized carbons (Fsp3) is 0.375. The summed E-state index contributed by atoms with van der Waals surface area (Å²) in [6.45, 7) is 5.79. The molecule has 0 spiro atoms. The maximum atomic E-state index is 11.7. The Morgan fingerprint density at radius 2 is 2.23 bits per heavy atom. The summed E-state index contributed by atoms with van der Waals surface area (Å²) < 4.78 is 1.91. The van der Waals surface area contributed by atoms with E-state index in [1.807, 2.05) is 40.2 Å². The smallest absolute Gasteiger partial charge is 0.317 e. The van der Waals surface area contributed by atoms with Crippen LogP contribution in [0.15, 0.2) is 36.7 Å². The number of carbonyl (C=O) groups is 1. The minimum Gasteiger partial charge on any atom is -0.381 e. The van der Waals surface area contributed by atoms with E-state index in [-0.39, 0.29) is 6.03 Å². The Bertz CT molecular complexity index is 651. The largest absolute Gasteiger partial charge is 0.381 e. The molecule has 6 nitrogen and oxygen atoms in total. The molecular weight excluding hydrogens is 278 g/mol. The van der Waals surface area contributed by atoms with Gasteiger partial charge in [-0.1, -0.05) is 18.2 Å². The van der Waals surface area contributed by atoms with Crippen LogP contribution < -0.4 is 10.6 Å². The highest BCUT2D eigenvalue weighted by Gasteiger charge is 2.20. The van der Waals surface area contributed by atoms with E-state index in [0.29, 0.717) is 6.54 Å². The quantitative estimate of drug-likeness (QED) is 0.858. The van der Waals surface area contributed by atoms with E-state index >= 15 is 0 Å². The number of aromatic nitrogens is 2. The summed E-state index contributed by atoms with van der Waals surface area (Å²) in [5, 5.41) is 10.6. The molecule has 22 heavy (non-hydrogen) atoms. The average molecular weight is 299 g/mol. The molecule has 0 radical (unpaired) electrons. The predicted molar refractivity (Wildman–Crippen MR) is 85.5 cm³/mol. The van der Waals surface area contributed by atoms with Crippen molar-refractivity contribution in [3.8, 4) is 0 Å². The SMILES string of the molecule is CCn1cc(CNc2ccccc2CN2CCNC2=O)cn1. The summed E-state index contributed by atoms with van der Waals surface area (Å²) >= 11 is 0. The first kappa shape index (κ1) is 14.4. The number of aryl methyl sites for hydroxylation is 1. The van der Waals surface area contributed by atoms with E-state index in [0.717, 1.165) is 43.0 Å². The highest BCUT2D eigenvalue weighted by Crippen LogP contribution is 2.19. The molecule has 6 heteroatoms. The molecular formula is C16H21N5O. The van der Waals surface area contributed by atoms with Crippen LogP contribution in [0.5, 0.6) is 0 Å². The van der Waals surface area contributed by atoms with Crippen molar-refractivity contribution in [1.29, 1.82) is 0 Å². The van der Waals surface area contributed by atoms with Gasteiger partial charge in [0.1, 0.15) is 0 Å². The lowest BCUT2D eigenvalue weighted by Gasteiger charge is -2.17. The fourth-order valence-electron chi connectivity index (χ4n) is 2.57. The molecule has 1 fully saturated rings. The Kier molecular flexibility index (Phi) is 4.27. The van der Waals surface area contributed by atoms with Crippen LogP contribution in [0.2, 0.25) is 0 Å². The van der Waals surface area contributed by atoms with Gasteiger partial charge in [0.05, 0.1) is 6.20 Å². The molecule has 116 valence electrons. The number of hydrogen-bond donors (Lipinski definition) is 2. The molecule has 2 N–H and O–H groups in total. The zero-order valence-corrected chi connectivity index (χ0v) is 12.7. The highest BCUT2D eigenvalue weighted by molar-refractivity contribution is 5.76. The average Bonchev–Trinajstić information content (AvgIpc) is 3.16. The fourth-order valence-corrected chi connectivity index (χ4v) is 2.57. The van der Waals surface area contributed by atoms with Crippen LogP contribution >= 0.6 is 0 Å². The third-order valence-corrected chi connectivity index (χ3v) is 3.82. The number of para-hydroxylation sites is 1. The second-order valence-electron chi connectivity index (χ2n) is 5.37. The van der Waals surface area contributed by atoms with Gasteiger partial charge in [-0.2, -0.15) is 5.10 Å². The number of nitrogens with one attached hydrogen (secondary N) is 2. The van der Waals surface area contributed by atoms with Gasteiger partial charge in [-0.3, -0.25) is 4.68 Å². The number of amides is 2. The topological polar surface area (TPSA) is 62.2 Å². The zero-order valence-electron chi connectivity index (χ0n) is 12.7. The van der Waals surface area contributed by atoms with Gasteiger partial charge in [0, 0.05) is 50.2 Å². The maximum Gasteiger partial charge on any atom is 0.317 e. The summed E-state index contributed by atoms with van der Waals surface area (Å²) in [6.07, 6.45) is 3.93. The second-order valence-corrected chi connectivity index (χ2v) is 5.37. The van der Waals surface area contributed by atoms with Crippen molar-refractivity contribution in [2.24, 2.45) is 0 Å². The molecule has 1 saturated heterocycles. The lowest BCUT2D eigenvalue weighted by Crippen LogP contribution is -2.27. The normalized spacial score (nSPS) is 14.2. The Morgan fingerprint density at radius 1 is 1.36 bits per heavy atom. The number of urea groups is 1. The number of benzene rings is 1. The molecule has 0 unspecified atom stereocenters. The Labute approximate surface area is 130 Å². The van der Waals surface area contributed by atoms with Crippen molar-refractivity contribution in [3.63, 3.8) is 0 Å². The molecule has 1 aromatic heterocycles. The summed E-state index contributed by atoms with van der Waals surface area (Å²) in [5.74, 6) is 0. The van der Waals surface area contributed by atoms with E-state index in [1.165, 1.54) is 0 Å². The standard InChI is InChI=1S/C16H21N5O/c1-2-21-11-13(10-19-21)9-18-15-6-4-3-5-14(15)12-20-8-7-17-16(20)22/h3-6,10-11,18H,2,7-9,12H2,1H3,(H,17,22). The van der Waals surface area contributed by atoms with Crippen LogP contribution in [0.4, 0.5) is 10.5 Å². The highest BCUT2D eigenvalue weighted by atomic mass is 16.2. The lowest BCUT2D eigenvalue weighted by molar-refractivity contribution is 0.215. The van der Waals surface area contributed by atoms with Gasteiger partial charge in [-0.25, -0.2) is 4.79 Å². The molecule has 2 amide bonds. The molecule has 2 heterocycles. The van der Waals surface area contributed by atoms with E-state index in [2.05, 4.69) is 28.7 Å². The van der Waals surface area contributed by atoms with Crippen molar-refractivity contribution in [1.82, 2.24) is 20.0 Å².